The van der Waals surface area contributed by atoms with Crippen LogP contribution < -0.4 is 10.1 Å². The van der Waals surface area contributed by atoms with Crippen molar-refractivity contribution in [1.29, 1.82) is 0 Å². The van der Waals surface area contributed by atoms with E-state index in [0.29, 0.717) is 24.5 Å². The Morgan fingerprint density at radius 1 is 1.32 bits per heavy atom. The molecule has 4 nitrogen and oxygen atoms in total. The summed E-state index contributed by atoms with van der Waals surface area (Å²) in [5.74, 6) is 0.519. The lowest BCUT2D eigenvalue weighted by atomic mass is 10.1. The van der Waals surface area contributed by atoms with Crippen molar-refractivity contribution < 1.29 is 9.53 Å². The molecular weight excluding hydrogens is 296 g/mol. The zero-order valence-corrected chi connectivity index (χ0v) is 14.0. The van der Waals surface area contributed by atoms with Gasteiger partial charge < -0.3 is 15.0 Å². The van der Waals surface area contributed by atoms with E-state index in [0.717, 1.165) is 0 Å². The van der Waals surface area contributed by atoms with Gasteiger partial charge in [-0.2, -0.15) is 11.3 Å². The number of para-hydroxylation sites is 1. The lowest BCUT2D eigenvalue weighted by Crippen LogP contribution is -2.34. The Morgan fingerprint density at radius 2 is 2.09 bits per heavy atom. The van der Waals surface area contributed by atoms with Gasteiger partial charge in [-0.1, -0.05) is 12.1 Å². The molecule has 2 rings (SSSR count). The van der Waals surface area contributed by atoms with Gasteiger partial charge in [0.05, 0.1) is 18.2 Å². The van der Waals surface area contributed by atoms with Crippen molar-refractivity contribution in [3.8, 4) is 5.75 Å². The molecule has 2 aromatic rings. The monoisotopic (exact) mass is 318 g/mol. The van der Waals surface area contributed by atoms with E-state index in [1.165, 1.54) is 5.56 Å². The molecule has 0 bridgehead atoms. The van der Waals surface area contributed by atoms with Gasteiger partial charge in [0, 0.05) is 6.54 Å². The number of carbonyl (C=O) groups excluding carboxylic acids is 1. The van der Waals surface area contributed by atoms with Gasteiger partial charge >= 0.3 is 0 Å². The van der Waals surface area contributed by atoms with Gasteiger partial charge in [0.15, 0.2) is 0 Å². The van der Waals surface area contributed by atoms with Crippen LogP contribution in [0, 0.1) is 0 Å². The highest BCUT2D eigenvalue weighted by atomic mass is 32.1. The minimum Gasteiger partial charge on any atom is -0.493 e. The van der Waals surface area contributed by atoms with Gasteiger partial charge in [-0.05, 0) is 55.5 Å². The molecular formula is C17H22N2O2S. The Balaban J connectivity index is 2.06. The summed E-state index contributed by atoms with van der Waals surface area (Å²) in [6, 6.07) is 9.58. The van der Waals surface area contributed by atoms with Crippen molar-refractivity contribution in [3.63, 3.8) is 0 Å². The fourth-order valence-electron chi connectivity index (χ4n) is 2.28. The molecule has 5 heteroatoms. The average Bonchev–Trinajstić information content (AvgIpc) is 3.02. The first-order valence-corrected chi connectivity index (χ1v) is 8.26. The van der Waals surface area contributed by atoms with Crippen LogP contribution >= 0.6 is 11.3 Å². The number of amides is 1. The molecule has 1 aromatic heterocycles. The van der Waals surface area contributed by atoms with Crippen LogP contribution in [0.25, 0.3) is 0 Å². The van der Waals surface area contributed by atoms with Crippen molar-refractivity contribution in [2.45, 2.75) is 13.0 Å². The van der Waals surface area contributed by atoms with E-state index < -0.39 is 0 Å². The highest BCUT2D eigenvalue weighted by Gasteiger charge is 2.17. The summed E-state index contributed by atoms with van der Waals surface area (Å²) in [5.41, 5.74) is 1.79. The Kier molecular flexibility index (Phi) is 5.98. The van der Waals surface area contributed by atoms with E-state index in [1.807, 2.05) is 39.2 Å². The molecule has 0 aliphatic heterocycles. The van der Waals surface area contributed by atoms with Crippen LogP contribution in [0.15, 0.2) is 41.1 Å². The van der Waals surface area contributed by atoms with Crippen LogP contribution in [0.4, 0.5) is 0 Å². The van der Waals surface area contributed by atoms with Gasteiger partial charge in [-0.25, -0.2) is 0 Å². The number of carbonyl (C=O) groups is 1. The molecule has 1 atom stereocenters. The van der Waals surface area contributed by atoms with E-state index in [4.69, 9.17) is 4.74 Å². The Hall–Kier alpha value is -1.85. The highest BCUT2D eigenvalue weighted by Crippen LogP contribution is 2.21. The maximum absolute atomic E-state index is 12.4. The SMILES string of the molecule is CCOc1ccccc1C(=O)NCC(c1ccsc1)N(C)C. The molecule has 118 valence electrons. The highest BCUT2D eigenvalue weighted by molar-refractivity contribution is 7.07. The number of nitrogens with one attached hydrogen (secondary N) is 1. The first kappa shape index (κ1) is 16.5. The number of ether oxygens (including phenoxy) is 1. The summed E-state index contributed by atoms with van der Waals surface area (Å²) in [6.07, 6.45) is 0. The second kappa shape index (κ2) is 7.96. The van der Waals surface area contributed by atoms with Gasteiger partial charge in [0.2, 0.25) is 0 Å². The second-order valence-corrected chi connectivity index (χ2v) is 5.96. The lowest BCUT2D eigenvalue weighted by molar-refractivity contribution is 0.0938. The zero-order chi connectivity index (χ0) is 15.9. The van der Waals surface area contributed by atoms with Crippen molar-refractivity contribution in [1.82, 2.24) is 10.2 Å². The molecule has 1 aromatic carbocycles. The number of hydrogen-bond donors (Lipinski definition) is 1. The summed E-state index contributed by atoms with van der Waals surface area (Å²) in [7, 11) is 4.03. The van der Waals surface area contributed by atoms with Crippen LogP contribution in [0.5, 0.6) is 5.75 Å². The number of hydrogen-bond acceptors (Lipinski definition) is 4. The van der Waals surface area contributed by atoms with E-state index in [1.54, 1.807) is 17.4 Å². The molecule has 1 heterocycles. The molecule has 0 saturated carbocycles. The normalized spacial score (nSPS) is 12.2. The van der Waals surface area contributed by atoms with E-state index in [-0.39, 0.29) is 11.9 Å². The molecule has 1 amide bonds. The molecule has 0 fully saturated rings. The number of nitrogens with zero attached hydrogens (tertiary/aromatic N) is 1. The zero-order valence-electron chi connectivity index (χ0n) is 13.2. The predicted molar refractivity (Wildman–Crippen MR) is 90.7 cm³/mol. The van der Waals surface area contributed by atoms with Crippen LogP contribution in [0.1, 0.15) is 28.9 Å². The van der Waals surface area contributed by atoms with Crippen molar-refractivity contribution in [2.75, 3.05) is 27.2 Å². The molecule has 1 N–H and O–H groups in total. The van der Waals surface area contributed by atoms with Gasteiger partial charge in [0.25, 0.3) is 5.91 Å². The maximum atomic E-state index is 12.4. The van der Waals surface area contributed by atoms with Crippen LogP contribution in [-0.2, 0) is 0 Å². The summed E-state index contributed by atoms with van der Waals surface area (Å²) >= 11 is 1.67. The molecule has 0 aliphatic carbocycles. The predicted octanol–water partition coefficient (Wildman–Crippen LogP) is 3.18. The Bertz CT molecular complexity index is 596. The van der Waals surface area contributed by atoms with Crippen LogP contribution in [-0.4, -0.2) is 38.1 Å². The topological polar surface area (TPSA) is 41.6 Å². The summed E-state index contributed by atoms with van der Waals surface area (Å²) in [4.78, 5) is 14.5. The average molecular weight is 318 g/mol. The number of rotatable bonds is 7. The van der Waals surface area contributed by atoms with Crippen LogP contribution in [0.2, 0.25) is 0 Å². The third-order valence-electron chi connectivity index (χ3n) is 3.44. The molecule has 0 radical (unpaired) electrons. The standard InChI is InChI=1S/C17H22N2O2S/c1-4-21-16-8-6-5-7-14(16)17(20)18-11-15(19(2)3)13-9-10-22-12-13/h5-10,12,15H,4,11H2,1-3H3,(H,18,20). The summed E-state index contributed by atoms with van der Waals surface area (Å²) in [6.45, 7) is 3.01. The first-order chi connectivity index (χ1) is 10.6. The maximum Gasteiger partial charge on any atom is 0.255 e. The molecule has 1 unspecified atom stereocenters. The van der Waals surface area contributed by atoms with Crippen LogP contribution in [0.3, 0.4) is 0 Å². The van der Waals surface area contributed by atoms with E-state index in [9.17, 15) is 4.79 Å². The summed E-state index contributed by atoms with van der Waals surface area (Å²) < 4.78 is 5.52. The minimum absolute atomic E-state index is 0.105. The van der Waals surface area contributed by atoms with Gasteiger partial charge in [-0.3, -0.25) is 4.79 Å². The number of benzene rings is 1. The lowest BCUT2D eigenvalue weighted by Gasteiger charge is -2.24. The second-order valence-electron chi connectivity index (χ2n) is 5.18. The molecule has 0 saturated heterocycles. The van der Waals surface area contributed by atoms with Crippen molar-refractivity contribution in [3.05, 3.63) is 52.2 Å². The fraction of sp³-hybridized carbons (Fsp3) is 0.353. The van der Waals surface area contributed by atoms with Gasteiger partial charge in [0.1, 0.15) is 5.75 Å². The van der Waals surface area contributed by atoms with Crippen molar-refractivity contribution in [2.24, 2.45) is 0 Å². The smallest absolute Gasteiger partial charge is 0.255 e. The summed E-state index contributed by atoms with van der Waals surface area (Å²) in [5, 5.41) is 7.18. The minimum atomic E-state index is -0.105. The third-order valence-corrected chi connectivity index (χ3v) is 4.14. The van der Waals surface area contributed by atoms with E-state index in [2.05, 4.69) is 27.0 Å². The van der Waals surface area contributed by atoms with Crippen molar-refractivity contribution >= 4 is 17.2 Å². The third kappa shape index (κ3) is 4.08. The Morgan fingerprint density at radius 3 is 2.73 bits per heavy atom. The quantitative estimate of drug-likeness (QED) is 0.852. The molecule has 22 heavy (non-hydrogen) atoms. The van der Waals surface area contributed by atoms with E-state index >= 15 is 0 Å². The number of likely N-dealkylation sites (N-methyl/N-ethyl adjacent to an activating group) is 1. The Labute approximate surface area is 135 Å². The first-order valence-electron chi connectivity index (χ1n) is 7.32. The fourth-order valence-corrected chi connectivity index (χ4v) is 2.99. The number of thiophene rings is 1. The molecule has 0 aliphatic rings. The van der Waals surface area contributed by atoms with Gasteiger partial charge in [-0.15, -0.1) is 0 Å². The molecule has 0 spiro atoms. The largest absolute Gasteiger partial charge is 0.493 e.